The normalized spacial score (nSPS) is 18.7. The van der Waals surface area contributed by atoms with Gasteiger partial charge in [0, 0.05) is 16.8 Å². The van der Waals surface area contributed by atoms with Crippen molar-refractivity contribution in [2.24, 2.45) is 0 Å². The maximum atomic E-state index is 12.7. The van der Waals surface area contributed by atoms with E-state index in [1.54, 1.807) is 4.90 Å². The van der Waals surface area contributed by atoms with E-state index in [0.29, 0.717) is 6.54 Å². The van der Waals surface area contributed by atoms with Crippen molar-refractivity contribution < 1.29 is 14.6 Å². The number of hydrogen-bond donors (Lipinski definition) is 3. The Morgan fingerprint density at radius 2 is 1.43 bits per heavy atom. The predicted octanol–water partition coefficient (Wildman–Crippen LogP) is 1.58. The zero-order valence-corrected chi connectivity index (χ0v) is 17.7. The fourth-order valence-electron chi connectivity index (χ4n) is 4.27. The Hall–Kier alpha value is -2.95. The minimum absolute atomic E-state index is 0.0933. The number of aryl methyl sites for hydroxylation is 1. The van der Waals surface area contributed by atoms with Gasteiger partial charge in [0.25, 0.3) is 5.91 Å². The quantitative estimate of drug-likeness (QED) is 0.577. The van der Waals surface area contributed by atoms with Crippen LogP contribution in [0, 0.1) is 6.92 Å². The highest BCUT2D eigenvalue weighted by Crippen LogP contribution is 2.27. The number of rotatable bonds is 6. The summed E-state index contributed by atoms with van der Waals surface area (Å²) in [6.07, 6.45) is 0. The van der Waals surface area contributed by atoms with E-state index >= 15 is 0 Å². The number of piperazine rings is 1. The van der Waals surface area contributed by atoms with Crippen LogP contribution in [0.15, 0.2) is 78.9 Å². The zero-order valence-electron chi connectivity index (χ0n) is 17.7. The van der Waals surface area contributed by atoms with Gasteiger partial charge < -0.3 is 15.1 Å². The van der Waals surface area contributed by atoms with E-state index in [1.807, 2.05) is 36.4 Å². The van der Waals surface area contributed by atoms with Crippen LogP contribution in [0.2, 0.25) is 0 Å². The molecule has 1 saturated heterocycles. The first-order valence-electron chi connectivity index (χ1n) is 10.8. The molecule has 0 bridgehead atoms. The number of amides is 1. The highest BCUT2D eigenvalue weighted by atomic mass is 16.2. The SMILES string of the molecule is Cc1ccccc1C[NH+]1CC[NH+](CC(=O)Nc2ccccc2-c2ccccc2)CC1. The third-order valence-electron chi connectivity index (χ3n) is 6.06. The smallest absolute Gasteiger partial charge is 0.279 e. The van der Waals surface area contributed by atoms with E-state index in [1.165, 1.54) is 16.0 Å². The summed E-state index contributed by atoms with van der Waals surface area (Å²) in [6.45, 7) is 8.09. The first-order valence-corrected chi connectivity index (χ1v) is 10.8. The van der Waals surface area contributed by atoms with Crippen LogP contribution in [0.3, 0.4) is 0 Å². The molecule has 0 aromatic heterocycles. The lowest BCUT2D eigenvalue weighted by atomic mass is 10.0. The second kappa shape index (κ2) is 9.70. The fourth-order valence-corrected chi connectivity index (χ4v) is 4.27. The van der Waals surface area contributed by atoms with E-state index in [9.17, 15) is 4.79 Å². The number of benzene rings is 3. The first-order chi connectivity index (χ1) is 14.7. The molecule has 0 radical (unpaired) electrons. The van der Waals surface area contributed by atoms with E-state index in [0.717, 1.165) is 49.5 Å². The average molecular weight is 402 g/mol. The van der Waals surface area contributed by atoms with Gasteiger partial charge in [-0.3, -0.25) is 4.79 Å². The van der Waals surface area contributed by atoms with Gasteiger partial charge in [-0.1, -0.05) is 72.8 Å². The molecular weight excluding hydrogens is 370 g/mol. The average Bonchev–Trinajstić information content (AvgIpc) is 2.78. The number of para-hydroxylation sites is 1. The molecule has 1 fully saturated rings. The molecule has 1 amide bonds. The lowest BCUT2D eigenvalue weighted by Crippen LogP contribution is -3.28. The molecule has 3 aromatic rings. The van der Waals surface area contributed by atoms with Gasteiger partial charge >= 0.3 is 0 Å². The molecule has 154 valence electrons. The van der Waals surface area contributed by atoms with E-state index in [4.69, 9.17) is 0 Å². The zero-order chi connectivity index (χ0) is 20.8. The van der Waals surface area contributed by atoms with Crippen molar-refractivity contribution in [2.45, 2.75) is 13.5 Å². The maximum Gasteiger partial charge on any atom is 0.279 e. The standard InChI is InChI=1S/C26H29N3O/c1-21-9-5-6-12-23(21)19-28-15-17-29(18-16-28)20-26(30)27-25-14-8-7-13-24(25)22-10-3-2-4-11-22/h2-14H,15-20H2,1H3,(H,27,30)/p+2. The van der Waals surface area contributed by atoms with E-state index < -0.39 is 0 Å². The summed E-state index contributed by atoms with van der Waals surface area (Å²) in [6, 6.07) is 26.9. The molecule has 3 N–H and O–H groups in total. The van der Waals surface area contributed by atoms with E-state index in [2.05, 4.69) is 54.7 Å². The molecule has 0 atom stereocenters. The van der Waals surface area contributed by atoms with Gasteiger partial charge in [0.05, 0.1) is 0 Å². The van der Waals surface area contributed by atoms with Crippen molar-refractivity contribution in [1.29, 1.82) is 0 Å². The molecule has 0 aliphatic carbocycles. The van der Waals surface area contributed by atoms with Gasteiger partial charge in [-0.2, -0.15) is 0 Å². The van der Waals surface area contributed by atoms with Gasteiger partial charge in [-0.25, -0.2) is 0 Å². The molecule has 3 aromatic carbocycles. The van der Waals surface area contributed by atoms with Crippen molar-refractivity contribution in [3.8, 4) is 11.1 Å². The second-order valence-electron chi connectivity index (χ2n) is 8.24. The minimum atomic E-state index is 0.0933. The molecule has 1 heterocycles. The van der Waals surface area contributed by atoms with Crippen LogP contribution in [-0.4, -0.2) is 38.6 Å². The molecule has 0 spiro atoms. The molecule has 0 unspecified atom stereocenters. The Balaban J connectivity index is 1.30. The fraction of sp³-hybridized carbons (Fsp3) is 0.269. The summed E-state index contributed by atoms with van der Waals surface area (Å²) in [7, 11) is 0. The Kier molecular flexibility index (Phi) is 6.57. The third kappa shape index (κ3) is 5.15. The minimum Gasteiger partial charge on any atom is -0.322 e. The third-order valence-corrected chi connectivity index (χ3v) is 6.06. The molecule has 4 nitrogen and oxygen atoms in total. The number of nitrogens with one attached hydrogen (secondary N) is 3. The Morgan fingerprint density at radius 1 is 0.800 bits per heavy atom. The summed E-state index contributed by atoms with van der Waals surface area (Å²) in [4.78, 5) is 15.7. The number of anilines is 1. The van der Waals surface area contributed by atoms with Crippen LogP contribution >= 0.6 is 0 Å². The van der Waals surface area contributed by atoms with Crippen LogP contribution in [0.4, 0.5) is 5.69 Å². The second-order valence-corrected chi connectivity index (χ2v) is 8.24. The topological polar surface area (TPSA) is 38.0 Å². The highest BCUT2D eigenvalue weighted by molar-refractivity contribution is 5.96. The number of hydrogen-bond acceptors (Lipinski definition) is 1. The van der Waals surface area contributed by atoms with Crippen molar-refractivity contribution in [3.63, 3.8) is 0 Å². The molecule has 4 heteroatoms. The molecule has 4 rings (SSSR count). The summed E-state index contributed by atoms with van der Waals surface area (Å²) in [5.41, 5.74) is 5.88. The van der Waals surface area contributed by atoms with Crippen LogP contribution in [0.1, 0.15) is 11.1 Å². The van der Waals surface area contributed by atoms with Gasteiger partial charge in [-0.15, -0.1) is 0 Å². The molecule has 30 heavy (non-hydrogen) atoms. The van der Waals surface area contributed by atoms with Crippen molar-refractivity contribution >= 4 is 11.6 Å². The Labute approximate surface area is 179 Å². The van der Waals surface area contributed by atoms with Crippen LogP contribution < -0.4 is 15.1 Å². The highest BCUT2D eigenvalue weighted by Gasteiger charge is 2.25. The summed E-state index contributed by atoms with van der Waals surface area (Å²) >= 11 is 0. The summed E-state index contributed by atoms with van der Waals surface area (Å²) in [5, 5.41) is 3.15. The predicted molar refractivity (Wildman–Crippen MR) is 122 cm³/mol. The Bertz CT molecular complexity index is 978. The lowest BCUT2D eigenvalue weighted by molar-refractivity contribution is -1.02. The Morgan fingerprint density at radius 3 is 2.20 bits per heavy atom. The lowest BCUT2D eigenvalue weighted by Gasteiger charge is -2.29. The monoisotopic (exact) mass is 401 g/mol. The molecule has 1 aliphatic rings. The van der Waals surface area contributed by atoms with Gasteiger partial charge in [0.15, 0.2) is 6.54 Å². The van der Waals surface area contributed by atoms with E-state index in [-0.39, 0.29) is 5.91 Å². The molecular formula is C26H31N3O+2. The van der Waals surface area contributed by atoms with Gasteiger partial charge in [0.2, 0.25) is 0 Å². The van der Waals surface area contributed by atoms with Crippen LogP contribution in [0.5, 0.6) is 0 Å². The van der Waals surface area contributed by atoms with Crippen molar-refractivity contribution in [2.75, 3.05) is 38.0 Å². The van der Waals surface area contributed by atoms with Crippen molar-refractivity contribution in [1.82, 2.24) is 0 Å². The van der Waals surface area contributed by atoms with Gasteiger partial charge in [-0.05, 0) is 24.1 Å². The number of carbonyl (C=O) groups is 1. The van der Waals surface area contributed by atoms with Crippen molar-refractivity contribution in [3.05, 3.63) is 90.0 Å². The first kappa shape index (κ1) is 20.3. The number of carbonyl (C=O) groups excluding carboxylic acids is 1. The van der Waals surface area contributed by atoms with Crippen LogP contribution in [-0.2, 0) is 11.3 Å². The molecule has 0 saturated carbocycles. The summed E-state index contributed by atoms with van der Waals surface area (Å²) < 4.78 is 0. The van der Waals surface area contributed by atoms with Crippen LogP contribution in [0.25, 0.3) is 11.1 Å². The summed E-state index contributed by atoms with van der Waals surface area (Å²) in [5.74, 6) is 0.0933. The molecule has 1 aliphatic heterocycles. The maximum absolute atomic E-state index is 12.7. The van der Waals surface area contributed by atoms with Gasteiger partial charge in [0.1, 0.15) is 32.7 Å². The largest absolute Gasteiger partial charge is 0.322 e. The number of quaternary nitrogens is 2.